The van der Waals surface area contributed by atoms with Crippen LogP contribution in [0.25, 0.3) is 0 Å². The van der Waals surface area contributed by atoms with Gasteiger partial charge in [-0.3, -0.25) is 0 Å². The van der Waals surface area contributed by atoms with E-state index >= 15 is 0 Å². The summed E-state index contributed by atoms with van der Waals surface area (Å²) in [6.45, 7) is 0. The summed E-state index contributed by atoms with van der Waals surface area (Å²) in [4.78, 5) is -9.35. The Labute approximate surface area is 149 Å². The maximum Gasteiger partial charge on any atom is 0.469 e. The summed E-state index contributed by atoms with van der Waals surface area (Å²) in [6.07, 6.45) is -13.9. The van der Waals surface area contributed by atoms with Gasteiger partial charge in [0.2, 0.25) is 0 Å². The van der Waals surface area contributed by atoms with Gasteiger partial charge in [-0.1, -0.05) is 4.90 Å². The van der Waals surface area contributed by atoms with Crippen LogP contribution in [0.4, 0.5) is 83.4 Å². The fraction of sp³-hybridized carbons (Fsp3) is 1.00. The predicted molar refractivity (Wildman–Crippen MR) is 50.4 cm³/mol. The summed E-state index contributed by atoms with van der Waals surface area (Å²) in [5, 5.41) is 0. The standard InChI is InChI=1S/C9HF19N2/c10-1(11)2(12,13)4(16,17)29-5(18,19)3(14,15)6(20,21)30(9(26,27)28)8(24,25)7(29,22)23/h1H. The Morgan fingerprint density at radius 1 is 0.500 bits per heavy atom. The van der Waals surface area contributed by atoms with Gasteiger partial charge in [-0.2, -0.15) is 74.6 Å². The quantitative estimate of drug-likeness (QED) is 0.368. The van der Waals surface area contributed by atoms with Crippen LogP contribution in [0.2, 0.25) is 0 Å². The number of hydrogen-bond acceptors (Lipinski definition) is 2. The first-order valence-electron chi connectivity index (χ1n) is 6.28. The number of hydrogen-bond donors (Lipinski definition) is 0. The highest BCUT2D eigenvalue weighted by molar-refractivity contribution is 5.10. The lowest BCUT2D eigenvalue weighted by atomic mass is 10.1. The first-order chi connectivity index (χ1) is 12.7. The minimum absolute atomic E-state index is 4.57. The summed E-state index contributed by atoms with van der Waals surface area (Å²) in [5.74, 6) is -16.0. The molecule has 2 nitrogen and oxygen atoms in total. The molecule has 0 atom stereocenters. The van der Waals surface area contributed by atoms with Crippen LogP contribution in [-0.2, 0) is 0 Å². The van der Waals surface area contributed by atoms with Gasteiger partial charge < -0.3 is 0 Å². The second-order valence-corrected chi connectivity index (χ2v) is 5.34. The van der Waals surface area contributed by atoms with Gasteiger partial charge in [0.15, 0.2) is 0 Å². The number of halogens is 19. The largest absolute Gasteiger partial charge is 0.469 e. The van der Waals surface area contributed by atoms with E-state index in [4.69, 9.17) is 0 Å². The molecule has 0 bridgehead atoms. The van der Waals surface area contributed by atoms with Crippen molar-refractivity contribution in [2.24, 2.45) is 0 Å². The fourth-order valence-corrected chi connectivity index (χ4v) is 2.03. The van der Waals surface area contributed by atoms with E-state index in [0.29, 0.717) is 0 Å². The monoisotopic (exact) mass is 498 g/mol. The molecule has 1 heterocycles. The molecular weight excluding hydrogens is 497 g/mol. The third-order valence-electron chi connectivity index (χ3n) is 3.45. The normalized spacial score (nSPS) is 27.2. The Bertz CT molecular complexity index is 661. The van der Waals surface area contributed by atoms with Crippen molar-refractivity contribution in [1.29, 1.82) is 0 Å². The Hall–Kier alpha value is -1.41. The molecule has 0 N–H and O–H groups in total. The molecule has 0 saturated carbocycles. The molecule has 180 valence electrons. The molecule has 0 spiro atoms. The van der Waals surface area contributed by atoms with E-state index in [1.54, 1.807) is 0 Å². The maximum atomic E-state index is 13.6. The van der Waals surface area contributed by atoms with Crippen molar-refractivity contribution in [3.8, 4) is 0 Å². The van der Waals surface area contributed by atoms with Gasteiger partial charge in [-0.25, -0.2) is 8.78 Å². The molecule has 1 saturated heterocycles. The van der Waals surface area contributed by atoms with Crippen LogP contribution in [0.3, 0.4) is 0 Å². The first-order valence-corrected chi connectivity index (χ1v) is 6.28. The molecule has 1 aliphatic heterocycles. The van der Waals surface area contributed by atoms with E-state index in [-0.39, 0.29) is 0 Å². The van der Waals surface area contributed by atoms with E-state index in [1.165, 1.54) is 0 Å². The van der Waals surface area contributed by atoms with E-state index < -0.39 is 64.6 Å². The van der Waals surface area contributed by atoms with E-state index in [2.05, 4.69) is 0 Å². The molecule has 1 aliphatic rings. The van der Waals surface area contributed by atoms with E-state index in [1.807, 2.05) is 0 Å². The Balaban J connectivity index is 4.18. The average Bonchev–Trinajstić information content (AvgIpc) is 2.43. The number of alkyl halides is 19. The highest BCUT2D eigenvalue weighted by Crippen LogP contribution is 2.65. The number of nitrogens with zero attached hydrogens (tertiary/aromatic N) is 2. The van der Waals surface area contributed by atoms with Crippen LogP contribution < -0.4 is 0 Å². The van der Waals surface area contributed by atoms with Gasteiger partial charge >= 0.3 is 54.8 Å². The maximum absolute atomic E-state index is 13.6. The molecule has 0 aromatic heterocycles. The molecule has 1 rings (SSSR count). The predicted octanol–water partition coefficient (Wildman–Crippen LogP) is 5.62. The van der Waals surface area contributed by atoms with Crippen molar-refractivity contribution in [3.63, 3.8) is 0 Å². The van der Waals surface area contributed by atoms with Gasteiger partial charge in [0, 0.05) is 0 Å². The minimum Gasteiger partial charge on any atom is -0.203 e. The molecule has 0 unspecified atom stereocenters. The summed E-state index contributed by atoms with van der Waals surface area (Å²) in [7, 11) is 0. The third-order valence-corrected chi connectivity index (χ3v) is 3.45. The lowest BCUT2D eigenvalue weighted by Gasteiger charge is -2.44. The van der Waals surface area contributed by atoms with Crippen LogP contribution >= 0.6 is 0 Å². The van der Waals surface area contributed by atoms with E-state index in [0.717, 1.165) is 0 Å². The van der Waals surface area contributed by atoms with Crippen molar-refractivity contribution >= 4 is 0 Å². The third kappa shape index (κ3) is 2.97. The molecule has 0 aliphatic carbocycles. The zero-order chi connectivity index (χ0) is 24.7. The molecule has 30 heavy (non-hydrogen) atoms. The van der Waals surface area contributed by atoms with Crippen LogP contribution in [0, 0.1) is 0 Å². The van der Waals surface area contributed by atoms with Crippen molar-refractivity contribution in [2.45, 2.75) is 54.8 Å². The molecule has 1 fully saturated rings. The van der Waals surface area contributed by atoms with Crippen LogP contribution in [0.15, 0.2) is 0 Å². The molecule has 0 amide bonds. The summed E-state index contributed by atoms with van der Waals surface area (Å²) in [5.41, 5.74) is 0. The smallest absolute Gasteiger partial charge is 0.203 e. The molecule has 0 aromatic rings. The van der Waals surface area contributed by atoms with E-state index in [9.17, 15) is 83.4 Å². The zero-order valence-electron chi connectivity index (χ0n) is 12.7. The lowest BCUT2D eigenvalue weighted by Crippen LogP contribution is -2.74. The SMILES string of the molecule is FC(F)C(F)(F)C(F)(F)N1C(F)(F)C(F)(F)N(C(F)(F)F)C(F)(F)C(F)(F)C1(F)F. The second kappa shape index (κ2) is 6.31. The topological polar surface area (TPSA) is 6.48 Å². The average molecular weight is 498 g/mol. The molecule has 0 radical (unpaired) electrons. The van der Waals surface area contributed by atoms with Crippen LogP contribution in [0.5, 0.6) is 0 Å². The van der Waals surface area contributed by atoms with Crippen molar-refractivity contribution in [2.75, 3.05) is 0 Å². The minimum atomic E-state index is -8.41. The van der Waals surface area contributed by atoms with Crippen LogP contribution in [0.1, 0.15) is 0 Å². The van der Waals surface area contributed by atoms with Crippen molar-refractivity contribution < 1.29 is 83.4 Å². The Morgan fingerprint density at radius 2 is 0.800 bits per heavy atom. The van der Waals surface area contributed by atoms with Crippen LogP contribution in [-0.4, -0.2) is 64.6 Å². The van der Waals surface area contributed by atoms with Gasteiger partial charge in [0.25, 0.3) is 0 Å². The van der Waals surface area contributed by atoms with Gasteiger partial charge in [0.05, 0.1) is 0 Å². The highest BCUT2D eigenvalue weighted by atomic mass is 19.4. The number of rotatable bonds is 3. The lowest BCUT2D eigenvalue weighted by molar-refractivity contribution is -0.483. The summed E-state index contributed by atoms with van der Waals surface area (Å²) >= 11 is 0. The fourth-order valence-electron chi connectivity index (χ4n) is 2.03. The molecule has 21 heteroatoms. The van der Waals surface area contributed by atoms with Gasteiger partial charge in [-0.05, 0) is 0 Å². The summed E-state index contributed by atoms with van der Waals surface area (Å²) < 4.78 is 248. The van der Waals surface area contributed by atoms with Gasteiger partial charge in [0.1, 0.15) is 0 Å². The first kappa shape index (κ1) is 26.6. The second-order valence-electron chi connectivity index (χ2n) is 5.34. The summed E-state index contributed by atoms with van der Waals surface area (Å²) in [6, 6.07) is -41.5. The van der Waals surface area contributed by atoms with Crippen molar-refractivity contribution in [3.05, 3.63) is 0 Å². The Kier molecular flexibility index (Phi) is 5.60. The van der Waals surface area contributed by atoms with Gasteiger partial charge in [-0.15, -0.1) is 4.90 Å². The highest BCUT2D eigenvalue weighted by Gasteiger charge is 2.95. The zero-order valence-corrected chi connectivity index (χ0v) is 12.7. The molecule has 0 aromatic carbocycles. The molecular formula is C9HF19N2. The Morgan fingerprint density at radius 3 is 1.10 bits per heavy atom. The van der Waals surface area contributed by atoms with Crippen molar-refractivity contribution in [1.82, 2.24) is 9.80 Å².